The average molecular weight is 221 g/mol. The van der Waals surface area contributed by atoms with Crippen LogP contribution in [0.1, 0.15) is 35.7 Å². The second kappa shape index (κ2) is 7.01. The summed E-state index contributed by atoms with van der Waals surface area (Å²) in [4.78, 5) is 11.4. The summed E-state index contributed by atoms with van der Waals surface area (Å²) in [5.74, 6) is -0.254. The molecule has 0 aliphatic heterocycles. The molecule has 0 saturated carbocycles. The lowest BCUT2D eigenvalue weighted by atomic mass is 10.1. The van der Waals surface area contributed by atoms with Crippen molar-refractivity contribution < 1.29 is 9.53 Å². The fourth-order valence-electron chi connectivity index (χ4n) is 1.50. The van der Waals surface area contributed by atoms with Gasteiger partial charge in [0.2, 0.25) is 0 Å². The highest BCUT2D eigenvalue weighted by Crippen LogP contribution is 2.08. The van der Waals surface area contributed by atoms with Crippen molar-refractivity contribution in [2.45, 2.75) is 26.2 Å². The summed E-state index contributed by atoms with van der Waals surface area (Å²) in [6.07, 6.45) is 3.15. The van der Waals surface area contributed by atoms with Gasteiger partial charge in [0.05, 0.1) is 12.2 Å². The van der Waals surface area contributed by atoms with Crippen molar-refractivity contribution in [1.82, 2.24) is 0 Å². The van der Waals surface area contributed by atoms with Gasteiger partial charge in [0.1, 0.15) is 0 Å². The minimum Gasteiger partial charge on any atom is -0.462 e. The van der Waals surface area contributed by atoms with Crippen molar-refractivity contribution >= 4 is 5.97 Å². The Labute approximate surface area is 96.6 Å². The molecular weight excluding hydrogens is 202 g/mol. The van der Waals surface area contributed by atoms with Crippen molar-refractivity contribution in [3.05, 3.63) is 35.4 Å². The Morgan fingerprint density at radius 2 is 1.94 bits per heavy atom. The van der Waals surface area contributed by atoms with Gasteiger partial charge in [-0.15, -0.1) is 0 Å². The summed E-state index contributed by atoms with van der Waals surface area (Å²) in [5, 5.41) is 0. The van der Waals surface area contributed by atoms with Crippen molar-refractivity contribution in [3.8, 4) is 0 Å². The molecule has 3 heteroatoms. The molecule has 0 amide bonds. The third-order valence-corrected chi connectivity index (χ3v) is 2.38. The van der Waals surface area contributed by atoms with Crippen LogP contribution in [0.4, 0.5) is 0 Å². The fraction of sp³-hybridized carbons (Fsp3) is 0.462. The minimum absolute atomic E-state index is 0.254. The third kappa shape index (κ3) is 4.03. The first-order chi connectivity index (χ1) is 7.77. The van der Waals surface area contributed by atoms with Gasteiger partial charge >= 0.3 is 5.97 Å². The quantitative estimate of drug-likeness (QED) is 0.591. The van der Waals surface area contributed by atoms with E-state index in [1.54, 1.807) is 6.92 Å². The SMILES string of the molecule is CCOC(=O)c1ccc(CCCCN)cc1. The number of nitrogens with two attached hydrogens (primary N) is 1. The van der Waals surface area contributed by atoms with E-state index < -0.39 is 0 Å². The number of aryl methyl sites for hydroxylation is 1. The van der Waals surface area contributed by atoms with Gasteiger partial charge in [-0.1, -0.05) is 12.1 Å². The number of carbonyl (C=O) groups is 1. The lowest BCUT2D eigenvalue weighted by Gasteiger charge is -2.03. The number of rotatable bonds is 6. The van der Waals surface area contributed by atoms with Gasteiger partial charge in [0, 0.05) is 0 Å². The molecule has 2 N–H and O–H groups in total. The van der Waals surface area contributed by atoms with Crippen LogP contribution in [0.2, 0.25) is 0 Å². The first kappa shape index (κ1) is 12.7. The highest BCUT2D eigenvalue weighted by atomic mass is 16.5. The Balaban J connectivity index is 2.50. The van der Waals surface area contributed by atoms with E-state index in [2.05, 4.69) is 0 Å². The normalized spacial score (nSPS) is 10.1. The molecule has 3 nitrogen and oxygen atoms in total. The van der Waals surface area contributed by atoms with E-state index in [9.17, 15) is 4.79 Å². The smallest absolute Gasteiger partial charge is 0.338 e. The Morgan fingerprint density at radius 3 is 2.50 bits per heavy atom. The van der Waals surface area contributed by atoms with Crippen LogP contribution >= 0.6 is 0 Å². The molecule has 0 radical (unpaired) electrons. The molecule has 0 aromatic heterocycles. The first-order valence-corrected chi connectivity index (χ1v) is 5.74. The zero-order valence-corrected chi connectivity index (χ0v) is 9.74. The van der Waals surface area contributed by atoms with Gasteiger partial charge in [0.25, 0.3) is 0 Å². The molecule has 1 aromatic carbocycles. The van der Waals surface area contributed by atoms with Crippen molar-refractivity contribution in [3.63, 3.8) is 0 Å². The van der Waals surface area contributed by atoms with Crippen LogP contribution in [0.3, 0.4) is 0 Å². The maximum absolute atomic E-state index is 11.4. The van der Waals surface area contributed by atoms with E-state index in [0.717, 1.165) is 25.8 Å². The molecule has 0 unspecified atom stereocenters. The summed E-state index contributed by atoms with van der Waals surface area (Å²) in [7, 11) is 0. The lowest BCUT2D eigenvalue weighted by molar-refractivity contribution is 0.0526. The van der Waals surface area contributed by atoms with Gasteiger partial charge < -0.3 is 10.5 Å². The second-order valence-corrected chi connectivity index (χ2v) is 3.66. The van der Waals surface area contributed by atoms with Crippen LogP contribution in [0.15, 0.2) is 24.3 Å². The lowest BCUT2D eigenvalue weighted by Crippen LogP contribution is -2.04. The van der Waals surface area contributed by atoms with Crippen LogP contribution in [0.5, 0.6) is 0 Å². The molecule has 0 bridgehead atoms. The Morgan fingerprint density at radius 1 is 1.25 bits per heavy atom. The first-order valence-electron chi connectivity index (χ1n) is 5.74. The molecule has 0 atom stereocenters. The van der Waals surface area contributed by atoms with Crippen molar-refractivity contribution in [1.29, 1.82) is 0 Å². The zero-order chi connectivity index (χ0) is 11.8. The van der Waals surface area contributed by atoms with Crippen LogP contribution < -0.4 is 5.73 Å². The summed E-state index contributed by atoms with van der Waals surface area (Å²) < 4.78 is 4.91. The molecule has 0 heterocycles. The van der Waals surface area contributed by atoms with E-state index in [0.29, 0.717) is 12.2 Å². The monoisotopic (exact) mass is 221 g/mol. The van der Waals surface area contributed by atoms with E-state index in [-0.39, 0.29) is 5.97 Å². The van der Waals surface area contributed by atoms with E-state index >= 15 is 0 Å². The number of carbonyl (C=O) groups excluding carboxylic acids is 1. The summed E-state index contributed by atoms with van der Waals surface area (Å²) >= 11 is 0. The van der Waals surface area contributed by atoms with Crippen LogP contribution in [-0.4, -0.2) is 19.1 Å². The minimum atomic E-state index is -0.254. The molecule has 0 saturated heterocycles. The predicted molar refractivity (Wildman–Crippen MR) is 64.4 cm³/mol. The van der Waals surface area contributed by atoms with Crippen LogP contribution in [0.25, 0.3) is 0 Å². The van der Waals surface area contributed by atoms with Gasteiger partial charge in [-0.25, -0.2) is 4.79 Å². The summed E-state index contributed by atoms with van der Waals surface area (Å²) in [6.45, 7) is 2.96. The van der Waals surface area contributed by atoms with Crippen LogP contribution in [0, 0.1) is 0 Å². The molecule has 0 fully saturated rings. The summed E-state index contributed by atoms with van der Waals surface area (Å²) in [5.41, 5.74) is 7.28. The number of unbranched alkanes of at least 4 members (excludes halogenated alkanes) is 1. The Hall–Kier alpha value is -1.35. The number of hydrogen-bond acceptors (Lipinski definition) is 3. The molecule has 16 heavy (non-hydrogen) atoms. The van der Waals surface area contributed by atoms with E-state index in [4.69, 9.17) is 10.5 Å². The number of ether oxygens (including phenoxy) is 1. The highest BCUT2D eigenvalue weighted by Gasteiger charge is 2.05. The van der Waals surface area contributed by atoms with Gasteiger partial charge in [0.15, 0.2) is 0 Å². The third-order valence-electron chi connectivity index (χ3n) is 2.38. The van der Waals surface area contributed by atoms with E-state index in [1.165, 1.54) is 5.56 Å². The molecule has 0 spiro atoms. The van der Waals surface area contributed by atoms with Gasteiger partial charge in [-0.3, -0.25) is 0 Å². The number of esters is 1. The maximum Gasteiger partial charge on any atom is 0.338 e. The zero-order valence-electron chi connectivity index (χ0n) is 9.74. The largest absolute Gasteiger partial charge is 0.462 e. The molecule has 88 valence electrons. The number of benzene rings is 1. The standard InChI is InChI=1S/C13H19NO2/c1-2-16-13(15)12-8-6-11(7-9-12)5-3-4-10-14/h6-9H,2-5,10,14H2,1H3. The van der Waals surface area contributed by atoms with Crippen molar-refractivity contribution in [2.75, 3.05) is 13.2 Å². The molecule has 0 aliphatic carbocycles. The topological polar surface area (TPSA) is 52.3 Å². The molecule has 1 aromatic rings. The summed E-state index contributed by atoms with van der Waals surface area (Å²) in [6, 6.07) is 7.58. The Kier molecular flexibility index (Phi) is 5.57. The molecular formula is C13H19NO2. The molecule has 1 rings (SSSR count). The highest BCUT2D eigenvalue weighted by molar-refractivity contribution is 5.89. The van der Waals surface area contributed by atoms with Crippen molar-refractivity contribution in [2.24, 2.45) is 5.73 Å². The Bertz CT molecular complexity index is 319. The number of hydrogen-bond donors (Lipinski definition) is 1. The second-order valence-electron chi connectivity index (χ2n) is 3.66. The predicted octanol–water partition coefficient (Wildman–Crippen LogP) is 2.14. The average Bonchev–Trinajstić information content (AvgIpc) is 2.30. The van der Waals surface area contributed by atoms with Gasteiger partial charge in [-0.2, -0.15) is 0 Å². The van der Waals surface area contributed by atoms with Crippen LogP contribution in [-0.2, 0) is 11.2 Å². The maximum atomic E-state index is 11.4. The fourth-order valence-corrected chi connectivity index (χ4v) is 1.50. The molecule has 0 aliphatic rings. The van der Waals surface area contributed by atoms with E-state index in [1.807, 2.05) is 24.3 Å². The van der Waals surface area contributed by atoms with Gasteiger partial charge in [-0.05, 0) is 50.4 Å².